The Balaban J connectivity index is 1.68. The monoisotopic (exact) mass is 404 g/mol. The molecule has 0 spiro atoms. The van der Waals surface area contributed by atoms with Gasteiger partial charge >= 0.3 is 0 Å². The van der Waals surface area contributed by atoms with Gasteiger partial charge < -0.3 is 14.8 Å². The van der Waals surface area contributed by atoms with Gasteiger partial charge in [0.15, 0.2) is 0 Å². The van der Waals surface area contributed by atoms with E-state index in [0.29, 0.717) is 29.6 Å². The molecule has 0 bridgehead atoms. The van der Waals surface area contributed by atoms with Crippen molar-refractivity contribution in [1.29, 1.82) is 0 Å². The number of halogens is 2. The Bertz CT molecular complexity index is 962. The third-order valence-electron chi connectivity index (χ3n) is 3.81. The zero-order chi connectivity index (χ0) is 19.9. The van der Waals surface area contributed by atoms with Crippen molar-refractivity contribution >= 4 is 17.2 Å². The van der Waals surface area contributed by atoms with Gasteiger partial charge in [0.1, 0.15) is 34.7 Å². The van der Waals surface area contributed by atoms with Crippen molar-refractivity contribution in [3.05, 3.63) is 70.7 Å². The van der Waals surface area contributed by atoms with E-state index in [2.05, 4.69) is 10.3 Å². The predicted molar refractivity (Wildman–Crippen MR) is 102 cm³/mol. The average molecular weight is 404 g/mol. The summed E-state index contributed by atoms with van der Waals surface area (Å²) in [6.45, 7) is 0.730. The highest BCUT2D eigenvalue weighted by Crippen LogP contribution is 2.27. The molecule has 0 saturated carbocycles. The SMILES string of the molecule is COCCNC(=O)c1csc(-c2cccc(OCc3cc(F)ccc3F)c2)n1. The van der Waals surface area contributed by atoms with Crippen molar-refractivity contribution in [2.24, 2.45) is 0 Å². The Kier molecular flexibility index (Phi) is 6.67. The fourth-order valence-corrected chi connectivity index (χ4v) is 3.20. The summed E-state index contributed by atoms with van der Waals surface area (Å²) in [5, 5.41) is 5.04. The first-order valence-electron chi connectivity index (χ1n) is 8.46. The van der Waals surface area contributed by atoms with Crippen LogP contribution in [0.2, 0.25) is 0 Å². The average Bonchev–Trinajstić information content (AvgIpc) is 3.19. The minimum atomic E-state index is -0.526. The van der Waals surface area contributed by atoms with Crippen LogP contribution in [0.1, 0.15) is 16.1 Å². The summed E-state index contributed by atoms with van der Waals surface area (Å²) in [4.78, 5) is 16.4. The number of aromatic nitrogens is 1. The third-order valence-corrected chi connectivity index (χ3v) is 4.70. The number of nitrogens with one attached hydrogen (secondary N) is 1. The lowest BCUT2D eigenvalue weighted by atomic mass is 10.2. The van der Waals surface area contributed by atoms with Gasteiger partial charge in [-0.25, -0.2) is 13.8 Å². The predicted octanol–water partition coefficient (Wildman–Crippen LogP) is 4.04. The molecule has 1 N–H and O–H groups in total. The lowest BCUT2D eigenvalue weighted by molar-refractivity contribution is 0.0933. The molecule has 146 valence electrons. The van der Waals surface area contributed by atoms with Gasteiger partial charge in [-0.2, -0.15) is 0 Å². The highest BCUT2D eigenvalue weighted by atomic mass is 32.1. The standard InChI is InChI=1S/C20H18F2N2O3S/c1-26-8-7-23-19(25)18-12-28-20(24-18)13-3-2-4-16(10-13)27-11-14-9-15(21)5-6-17(14)22/h2-6,9-10,12H,7-8,11H2,1H3,(H,23,25). The molecule has 1 heterocycles. The van der Waals surface area contributed by atoms with Gasteiger partial charge in [-0.15, -0.1) is 11.3 Å². The fourth-order valence-electron chi connectivity index (χ4n) is 2.40. The van der Waals surface area contributed by atoms with Crippen molar-refractivity contribution < 1.29 is 23.0 Å². The molecule has 1 aromatic heterocycles. The molecule has 0 saturated heterocycles. The summed E-state index contributed by atoms with van der Waals surface area (Å²) in [5.74, 6) is -0.828. The van der Waals surface area contributed by atoms with Gasteiger partial charge in [0, 0.05) is 30.2 Å². The van der Waals surface area contributed by atoms with E-state index in [1.807, 2.05) is 6.07 Å². The van der Waals surface area contributed by atoms with E-state index < -0.39 is 11.6 Å². The lowest BCUT2D eigenvalue weighted by Gasteiger charge is -2.08. The maximum atomic E-state index is 13.7. The van der Waals surface area contributed by atoms with E-state index in [0.717, 1.165) is 23.8 Å². The van der Waals surface area contributed by atoms with Crippen LogP contribution in [0.25, 0.3) is 10.6 Å². The highest BCUT2D eigenvalue weighted by molar-refractivity contribution is 7.13. The Hall–Kier alpha value is -2.84. The molecule has 3 aromatic rings. The van der Waals surface area contributed by atoms with Crippen LogP contribution < -0.4 is 10.1 Å². The van der Waals surface area contributed by atoms with Crippen molar-refractivity contribution in [2.45, 2.75) is 6.61 Å². The fraction of sp³-hybridized carbons (Fsp3) is 0.200. The molecule has 0 aliphatic heterocycles. The number of carbonyl (C=O) groups is 1. The number of benzene rings is 2. The first kappa shape index (κ1) is 19.9. The molecule has 0 atom stereocenters. The summed E-state index contributed by atoms with van der Waals surface area (Å²) in [7, 11) is 1.56. The van der Waals surface area contributed by atoms with Gasteiger partial charge in [-0.1, -0.05) is 12.1 Å². The molecule has 8 heteroatoms. The molecule has 1 amide bonds. The molecule has 3 rings (SSSR count). The van der Waals surface area contributed by atoms with Crippen LogP contribution in [0.4, 0.5) is 8.78 Å². The molecule has 0 unspecified atom stereocenters. The van der Waals surface area contributed by atoms with Crippen LogP contribution in [-0.2, 0) is 11.3 Å². The van der Waals surface area contributed by atoms with Gasteiger partial charge in [-0.05, 0) is 30.3 Å². The number of ether oxygens (including phenoxy) is 2. The van der Waals surface area contributed by atoms with Gasteiger partial charge in [0.25, 0.3) is 5.91 Å². The van der Waals surface area contributed by atoms with Crippen molar-refractivity contribution in [3.63, 3.8) is 0 Å². The van der Waals surface area contributed by atoms with E-state index >= 15 is 0 Å². The Morgan fingerprint density at radius 2 is 2.07 bits per heavy atom. The van der Waals surface area contributed by atoms with E-state index in [-0.39, 0.29) is 18.1 Å². The second-order valence-electron chi connectivity index (χ2n) is 5.84. The van der Waals surface area contributed by atoms with Crippen molar-refractivity contribution in [1.82, 2.24) is 10.3 Å². The Morgan fingerprint density at radius 3 is 2.89 bits per heavy atom. The zero-order valence-electron chi connectivity index (χ0n) is 15.1. The maximum absolute atomic E-state index is 13.7. The van der Waals surface area contributed by atoms with Crippen molar-refractivity contribution in [2.75, 3.05) is 20.3 Å². The maximum Gasteiger partial charge on any atom is 0.270 e. The summed E-state index contributed by atoms with van der Waals surface area (Å²) >= 11 is 1.33. The van der Waals surface area contributed by atoms with Crippen molar-refractivity contribution in [3.8, 4) is 16.3 Å². The number of hydrogen-bond donors (Lipinski definition) is 1. The molecule has 0 fully saturated rings. The molecular weight excluding hydrogens is 386 g/mol. The lowest BCUT2D eigenvalue weighted by Crippen LogP contribution is -2.27. The van der Waals surface area contributed by atoms with E-state index in [1.54, 1.807) is 30.7 Å². The minimum absolute atomic E-state index is 0.0991. The molecule has 28 heavy (non-hydrogen) atoms. The molecular formula is C20H18F2N2O3S. The molecule has 2 aromatic carbocycles. The number of thiazole rings is 1. The molecule has 0 aliphatic rings. The summed E-state index contributed by atoms with van der Waals surface area (Å²) in [5.41, 5.74) is 1.22. The van der Waals surface area contributed by atoms with E-state index in [1.165, 1.54) is 11.3 Å². The first-order chi connectivity index (χ1) is 13.6. The van der Waals surface area contributed by atoms with Crippen LogP contribution in [0.15, 0.2) is 47.8 Å². The summed E-state index contributed by atoms with van der Waals surface area (Å²) in [6, 6.07) is 10.3. The second-order valence-corrected chi connectivity index (χ2v) is 6.70. The quantitative estimate of drug-likeness (QED) is 0.576. The Labute approximate surface area is 164 Å². The zero-order valence-corrected chi connectivity index (χ0v) is 15.9. The molecule has 5 nitrogen and oxygen atoms in total. The normalized spacial score (nSPS) is 10.7. The second kappa shape index (κ2) is 9.38. The van der Waals surface area contributed by atoms with Crippen LogP contribution >= 0.6 is 11.3 Å². The topological polar surface area (TPSA) is 60.5 Å². The van der Waals surface area contributed by atoms with Crippen LogP contribution in [0.5, 0.6) is 5.75 Å². The summed E-state index contributed by atoms with van der Waals surface area (Å²) in [6.07, 6.45) is 0. The third kappa shape index (κ3) is 5.11. The largest absolute Gasteiger partial charge is 0.489 e. The summed E-state index contributed by atoms with van der Waals surface area (Å²) < 4.78 is 37.4. The number of rotatable bonds is 8. The number of amides is 1. The number of nitrogens with zero attached hydrogens (tertiary/aromatic N) is 1. The number of methoxy groups -OCH3 is 1. The van der Waals surface area contributed by atoms with E-state index in [9.17, 15) is 13.6 Å². The smallest absolute Gasteiger partial charge is 0.270 e. The number of carbonyl (C=O) groups excluding carboxylic acids is 1. The van der Waals surface area contributed by atoms with Gasteiger partial charge in [-0.3, -0.25) is 4.79 Å². The highest BCUT2D eigenvalue weighted by Gasteiger charge is 2.12. The Morgan fingerprint density at radius 1 is 1.21 bits per heavy atom. The molecule has 0 radical (unpaired) electrons. The van der Waals surface area contributed by atoms with E-state index in [4.69, 9.17) is 9.47 Å². The van der Waals surface area contributed by atoms with Gasteiger partial charge in [0.05, 0.1) is 6.61 Å². The first-order valence-corrected chi connectivity index (χ1v) is 9.34. The number of hydrogen-bond acceptors (Lipinski definition) is 5. The van der Waals surface area contributed by atoms with Crippen LogP contribution in [0, 0.1) is 11.6 Å². The van der Waals surface area contributed by atoms with Gasteiger partial charge in [0.2, 0.25) is 0 Å². The minimum Gasteiger partial charge on any atom is -0.489 e. The molecule has 0 aliphatic carbocycles. The van der Waals surface area contributed by atoms with Crippen LogP contribution in [0.3, 0.4) is 0 Å². The van der Waals surface area contributed by atoms with Crippen LogP contribution in [-0.4, -0.2) is 31.2 Å².